The summed E-state index contributed by atoms with van der Waals surface area (Å²) in [7, 11) is 3.28. The molecule has 324 valence electrons. The minimum absolute atomic E-state index is 0.0463. The maximum absolute atomic E-state index is 14.0. The van der Waals surface area contributed by atoms with Gasteiger partial charge in [0.05, 0.1) is 11.4 Å². The largest absolute Gasteiger partial charge is 0.435 e. The number of halogens is 10. The number of ether oxygens (including phenoxy) is 3. The van der Waals surface area contributed by atoms with Gasteiger partial charge in [0.15, 0.2) is 12.6 Å². The van der Waals surface area contributed by atoms with Gasteiger partial charge in [0.1, 0.15) is 0 Å². The maximum atomic E-state index is 14.0. The van der Waals surface area contributed by atoms with Gasteiger partial charge in [-0.3, -0.25) is 0 Å². The average molecular weight is 932 g/mol. The summed E-state index contributed by atoms with van der Waals surface area (Å²) in [6.45, 7) is 1.89. The summed E-state index contributed by atoms with van der Waals surface area (Å²) in [5.41, 5.74) is -2.12. The van der Waals surface area contributed by atoms with E-state index in [4.69, 9.17) is 70.3 Å². The molecule has 0 amide bonds. The van der Waals surface area contributed by atoms with Crippen LogP contribution >= 0.6 is 46.4 Å². The van der Waals surface area contributed by atoms with E-state index in [1.54, 1.807) is 38.5 Å². The van der Waals surface area contributed by atoms with E-state index >= 15 is 0 Å². The number of aromatic nitrogens is 1. The molecule has 4 heterocycles. The summed E-state index contributed by atoms with van der Waals surface area (Å²) in [6, 6.07) is 25.4. The van der Waals surface area contributed by atoms with E-state index in [0.29, 0.717) is 11.1 Å². The van der Waals surface area contributed by atoms with Gasteiger partial charge in [-0.2, -0.15) is 26.3 Å². The first-order chi connectivity index (χ1) is 28.9. The standard InChI is InChI=1S/C20H13Cl2F3N2O.C17H12Cl2F3NO.C6H12O3/c21-15-9-14(10-16(22)11-15)19(20(23,24)25)12-18(26-28-19)13-3-5-17(6-4-13)27-7-1-2-8-27;1-10-2-4-11(5-3-10)15-9-16(24-23-15,17(20,21)22)12-6-13(18)8-14(19)7-12;1-7-5-3-4-6(8-2)9-5/h1-11H,12H2;2-8H,9H2,1H3;5-6H,3-4H2,1-2H3. The fourth-order valence-electron chi connectivity index (χ4n) is 6.69. The lowest BCUT2D eigenvalue weighted by Gasteiger charge is -2.29. The molecule has 8 nitrogen and oxygen atoms in total. The number of aryl methyl sites for hydroxylation is 1. The maximum Gasteiger partial charge on any atom is 0.435 e. The Morgan fingerprint density at radius 1 is 0.607 bits per heavy atom. The van der Waals surface area contributed by atoms with Gasteiger partial charge in [-0.05, 0) is 78.7 Å². The zero-order chi connectivity index (χ0) is 44.2. The quantitative estimate of drug-likeness (QED) is 0.152. The molecule has 61 heavy (non-hydrogen) atoms. The first kappa shape index (κ1) is 46.2. The highest BCUT2D eigenvalue weighted by molar-refractivity contribution is 6.35. The van der Waals surface area contributed by atoms with Gasteiger partial charge in [-0.25, -0.2) is 0 Å². The molecule has 1 fully saturated rings. The van der Waals surface area contributed by atoms with E-state index < -0.39 is 36.4 Å². The van der Waals surface area contributed by atoms with Crippen LogP contribution in [0.2, 0.25) is 20.1 Å². The molecule has 0 spiro atoms. The van der Waals surface area contributed by atoms with Gasteiger partial charge < -0.3 is 28.5 Å². The highest BCUT2D eigenvalue weighted by atomic mass is 35.5. The first-order valence-electron chi connectivity index (χ1n) is 18.4. The number of methoxy groups -OCH3 is 2. The fourth-order valence-corrected chi connectivity index (χ4v) is 7.75. The van der Waals surface area contributed by atoms with Gasteiger partial charge in [-0.15, -0.1) is 0 Å². The molecule has 3 aliphatic heterocycles. The molecule has 1 saturated heterocycles. The van der Waals surface area contributed by atoms with Gasteiger partial charge in [0.25, 0.3) is 11.2 Å². The third-order valence-corrected chi connectivity index (χ3v) is 10.9. The predicted molar refractivity (Wildman–Crippen MR) is 222 cm³/mol. The van der Waals surface area contributed by atoms with Crippen LogP contribution in [0.25, 0.3) is 5.69 Å². The predicted octanol–water partition coefficient (Wildman–Crippen LogP) is 13.0. The van der Waals surface area contributed by atoms with Crippen LogP contribution in [-0.2, 0) is 35.1 Å². The number of nitrogens with zero attached hydrogens (tertiary/aromatic N) is 3. The van der Waals surface area contributed by atoms with E-state index in [1.165, 1.54) is 36.4 Å². The van der Waals surface area contributed by atoms with E-state index in [1.807, 2.05) is 60.3 Å². The summed E-state index contributed by atoms with van der Waals surface area (Å²) in [4.78, 5) is 9.96. The molecular formula is C43H37Cl4F6N3O5. The van der Waals surface area contributed by atoms with Crippen molar-refractivity contribution in [1.29, 1.82) is 0 Å². The van der Waals surface area contributed by atoms with Crippen LogP contribution in [-0.4, -0.2) is 55.1 Å². The molecule has 5 aromatic rings. The number of hydrogen-bond acceptors (Lipinski definition) is 7. The second-order valence-corrected chi connectivity index (χ2v) is 15.9. The third kappa shape index (κ3) is 10.5. The Morgan fingerprint density at radius 3 is 1.33 bits per heavy atom. The number of hydrogen-bond donors (Lipinski definition) is 0. The number of benzene rings is 4. The Labute approximate surface area is 367 Å². The lowest BCUT2D eigenvalue weighted by Crippen LogP contribution is -2.42. The van der Waals surface area contributed by atoms with E-state index in [2.05, 4.69) is 10.3 Å². The van der Waals surface area contributed by atoms with Crippen molar-refractivity contribution in [3.8, 4) is 5.69 Å². The average Bonchev–Trinajstić information content (AvgIpc) is 4.05. The van der Waals surface area contributed by atoms with Crippen molar-refractivity contribution >= 4 is 57.8 Å². The molecule has 0 radical (unpaired) electrons. The van der Waals surface area contributed by atoms with Crippen molar-refractivity contribution in [3.05, 3.63) is 157 Å². The minimum Gasteiger partial charge on any atom is -0.374 e. The van der Waals surface area contributed by atoms with Crippen LogP contribution in [0, 0.1) is 6.92 Å². The normalized spacial score (nSPS) is 22.2. The molecule has 3 aliphatic rings. The molecule has 8 rings (SSSR count). The molecule has 0 N–H and O–H groups in total. The molecule has 4 aromatic carbocycles. The Hall–Kier alpha value is -4.28. The van der Waals surface area contributed by atoms with E-state index in [0.717, 1.165) is 24.1 Å². The van der Waals surface area contributed by atoms with Gasteiger partial charge in [0, 0.05) is 89.2 Å². The molecule has 4 unspecified atom stereocenters. The molecule has 0 bridgehead atoms. The number of alkyl halides is 6. The highest BCUT2D eigenvalue weighted by Gasteiger charge is 2.63. The Kier molecular flexibility index (Phi) is 14.4. The second-order valence-electron chi connectivity index (χ2n) is 14.1. The van der Waals surface area contributed by atoms with Gasteiger partial charge in [-0.1, -0.05) is 98.7 Å². The Bertz CT molecular complexity index is 2290. The SMILES string of the molecule is COC1CCC(OC)O1.Cc1ccc(C2=NOC(c3cc(Cl)cc(Cl)c3)(C(F)(F)F)C2)cc1.FC(F)(F)C1(c2cc(Cl)cc(Cl)c2)CC(c2ccc(-n3cccc3)cc2)=NO1. The molecule has 1 aromatic heterocycles. The van der Waals surface area contributed by atoms with E-state index in [-0.39, 0.29) is 55.2 Å². The molecule has 0 saturated carbocycles. The van der Waals surface area contributed by atoms with E-state index in [9.17, 15) is 26.3 Å². The first-order valence-corrected chi connectivity index (χ1v) is 20.0. The van der Waals surface area contributed by atoms with Crippen molar-refractivity contribution in [2.24, 2.45) is 10.3 Å². The summed E-state index contributed by atoms with van der Waals surface area (Å²) >= 11 is 23.6. The summed E-state index contributed by atoms with van der Waals surface area (Å²) in [6.07, 6.45) is -4.78. The fraction of sp³-hybridized carbons (Fsp3) is 0.302. The van der Waals surface area contributed by atoms with Crippen LogP contribution in [0.3, 0.4) is 0 Å². The molecular weight excluding hydrogens is 894 g/mol. The molecule has 0 aliphatic carbocycles. The topological polar surface area (TPSA) is 75.8 Å². The zero-order valence-corrected chi connectivity index (χ0v) is 35.6. The number of oxime groups is 2. The third-order valence-electron chi connectivity index (χ3n) is 9.99. The van der Waals surface area contributed by atoms with Crippen molar-refractivity contribution < 1.29 is 50.2 Å². The van der Waals surface area contributed by atoms with Crippen molar-refractivity contribution in [3.63, 3.8) is 0 Å². The lowest BCUT2D eigenvalue weighted by molar-refractivity contribution is -0.276. The van der Waals surface area contributed by atoms with Gasteiger partial charge >= 0.3 is 12.4 Å². The van der Waals surface area contributed by atoms with Crippen LogP contribution in [0.4, 0.5) is 26.3 Å². The minimum atomic E-state index is -4.71. The van der Waals surface area contributed by atoms with Gasteiger partial charge in [0.2, 0.25) is 0 Å². The highest BCUT2D eigenvalue weighted by Crippen LogP contribution is 2.51. The summed E-state index contributed by atoms with van der Waals surface area (Å²) in [5, 5.41) is 7.86. The van der Waals surface area contributed by atoms with Crippen LogP contribution in [0.15, 0.2) is 120 Å². The monoisotopic (exact) mass is 929 g/mol. The summed E-state index contributed by atoms with van der Waals surface area (Å²) < 4.78 is 101. The Balaban J connectivity index is 0.000000171. The smallest absolute Gasteiger partial charge is 0.374 e. The van der Waals surface area contributed by atoms with Crippen molar-refractivity contribution in [2.45, 2.75) is 68.7 Å². The molecule has 4 atom stereocenters. The Morgan fingerprint density at radius 2 is 0.984 bits per heavy atom. The molecule has 18 heteroatoms. The summed E-state index contributed by atoms with van der Waals surface area (Å²) in [5.74, 6) is 0. The lowest BCUT2D eigenvalue weighted by atomic mass is 9.86. The number of rotatable bonds is 7. The van der Waals surface area contributed by atoms with Crippen LogP contribution in [0.5, 0.6) is 0 Å². The van der Waals surface area contributed by atoms with Crippen LogP contribution < -0.4 is 0 Å². The zero-order valence-electron chi connectivity index (χ0n) is 32.5. The van der Waals surface area contributed by atoms with Crippen molar-refractivity contribution in [2.75, 3.05) is 14.2 Å². The second kappa shape index (κ2) is 19.0. The van der Waals surface area contributed by atoms with Crippen molar-refractivity contribution in [1.82, 2.24) is 4.57 Å². The van der Waals surface area contributed by atoms with Crippen LogP contribution in [0.1, 0.15) is 53.5 Å².